The van der Waals surface area contributed by atoms with Gasteiger partial charge in [0.25, 0.3) is 0 Å². The van der Waals surface area contributed by atoms with Crippen molar-refractivity contribution in [3.05, 3.63) is 18.2 Å². The predicted molar refractivity (Wildman–Crippen MR) is 57.1 cm³/mol. The standard InChI is InChI=1S/C11H20N2O/c1-5-10-12-6-7-13(10)8-9(14)11(2,3)4/h6-7,9,14H,5,8H2,1-4H3. The molecule has 3 nitrogen and oxygen atoms in total. The Labute approximate surface area is 85.8 Å². The van der Waals surface area contributed by atoms with E-state index in [0.717, 1.165) is 12.2 Å². The van der Waals surface area contributed by atoms with Gasteiger partial charge in [-0.05, 0) is 5.41 Å². The lowest BCUT2D eigenvalue weighted by Crippen LogP contribution is -2.30. The zero-order chi connectivity index (χ0) is 10.8. The Morgan fingerprint density at radius 1 is 1.50 bits per heavy atom. The molecule has 1 rings (SSSR count). The van der Waals surface area contributed by atoms with Crippen LogP contribution in [-0.4, -0.2) is 20.8 Å². The summed E-state index contributed by atoms with van der Waals surface area (Å²) in [7, 11) is 0. The van der Waals surface area contributed by atoms with Gasteiger partial charge in [0.05, 0.1) is 12.6 Å². The molecule has 0 aromatic carbocycles. The van der Waals surface area contributed by atoms with E-state index in [1.54, 1.807) is 6.20 Å². The fourth-order valence-electron chi connectivity index (χ4n) is 1.28. The fourth-order valence-corrected chi connectivity index (χ4v) is 1.28. The number of hydrogen-bond acceptors (Lipinski definition) is 2. The van der Waals surface area contributed by atoms with Gasteiger partial charge in [0, 0.05) is 18.8 Å². The van der Waals surface area contributed by atoms with Crippen LogP contribution in [0.5, 0.6) is 0 Å². The molecule has 0 aliphatic rings. The van der Waals surface area contributed by atoms with Crippen molar-refractivity contribution >= 4 is 0 Å². The molecule has 0 radical (unpaired) electrons. The monoisotopic (exact) mass is 196 g/mol. The highest BCUT2D eigenvalue weighted by molar-refractivity contribution is 4.93. The summed E-state index contributed by atoms with van der Waals surface area (Å²) in [4.78, 5) is 4.22. The van der Waals surface area contributed by atoms with Gasteiger partial charge >= 0.3 is 0 Å². The Balaban J connectivity index is 2.69. The summed E-state index contributed by atoms with van der Waals surface area (Å²) in [5.74, 6) is 1.04. The number of rotatable bonds is 3. The third-order valence-corrected chi connectivity index (χ3v) is 2.49. The van der Waals surface area contributed by atoms with E-state index in [-0.39, 0.29) is 11.5 Å². The Morgan fingerprint density at radius 2 is 2.14 bits per heavy atom. The van der Waals surface area contributed by atoms with Gasteiger partial charge in [-0.3, -0.25) is 0 Å². The molecular weight excluding hydrogens is 176 g/mol. The molecular formula is C11H20N2O. The van der Waals surface area contributed by atoms with Gasteiger partial charge in [-0.1, -0.05) is 27.7 Å². The third-order valence-electron chi connectivity index (χ3n) is 2.49. The van der Waals surface area contributed by atoms with E-state index >= 15 is 0 Å². The molecule has 0 amide bonds. The molecule has 0 fully saturated rings. The molecule has 0 saturated heterocycles. The molecule has 0 spiro atoms. The fraction of sp³-hybridized carbons (Fsp3) is 0.727. The average molecular weight is 196 g/mol. The smallest absolute Gasteiger partial charge is 0.108 e. The van der Waals surface area contributed by atoms with E-state index in [1.165, 1.54) is 0 Å². The molecule has 14 heavy (non-hydrogen) atoms. The van der Waals surface area contributed by atoms with Crippen LogP contribution in [0, 0.1) is 5.41 Å². The Kier molecular flexibility index (Phi) is 3.32. The van der Waals surface area contributed by atoms with Crippen molar-refractivity contribution in [3.63, 3.8) is 0 Å². The van der Waals surface area contributed by atoms with Crippen LogP contribution in [0.1, 0.15) is 33.5 Å². The summed E-state index contributed by atoms with van der Waals surface area (Å²) in [5, 5.41) is 9.93. The summed E-state index contributed by atoms with van der Waals surface area (Å²) < 4.78 is 2.02. The van der Waals surface area contributed by atoms with E-state index in [4.69, 9.17) is 0 Å². The molecule has 1 atom stereocenters. The van der Waals surface area contributed by atoms with Crippen LogP contribution in [0.25, 0.3) is 0 Å². The first kappa shape index (κ1) is 11.2. The molecule has 1 N–H and O–H groups in total. The first-order valence-electron chi connectivity index (χ1n) is 5.13. The zero-order valence-corrected chi connectivity index (χ0v) is 9.49. The first-order valence-corrected chi connectivity index (χ1v) is 5.13. The van der Waals surface area contributed by atoms with Crippen molar-refractivity contribution in [2.75, 3.05) is 0 Å². The van der Waals surface area contributed by atoms with Crippen molar-refractivity contribution in [1.82, 2.24) is 9.55 Å². The van der Waals surface area contributed by atoms with E-state index in [2.05, 4.69) is 11.9 Å². The van der Waals surface area contributed by atoms with Gasteiger partial charge in [0.15, 0.2) is 0 Å². The second kappa shape index (κ2) is 4.13. The number of imidazole rings is 1. The highest BCUT2D eigenvalue weighted by Crippen LogP contribution is 2.20. The number of nitrogens with zero attached hydrogens (tertiary/aromatic N) is 2. The number of aromatic nitrogens is 2. The average Bonchev–Trinajstić information content (AvgIpc) is 2.50. The Hall–Kier alpha value is -0.830. The van der Waals surface area contributed by atoms with E-state index in [0.29, 0.717) is 6.54 Å². The Morgan fingerprint density at radius 3 is 2.64 bits per heavy atom. The van der Waals surface area contributed by atoms with Crippen molar-refractivity contribution < 1.29 is 5.11 Å². The predicted octanol–water partition coefficient (Wildman–Crippen LogP) is 1.85. The topological polar surface area (TPSA) is 38.0 Å². The van der Waals surface area contributed by atoms with Crippen LogP contribution in [0.3, 0.4) is 0 Å². The molecule has 1 aromatic rings. The van der Waals surface area contributed by atoms with E-state index in [1.807, 2.05) is 31.5 Å². The van der Waals surface area contributed by atoms with Gasteiger partial charge in [-0.25, -0.2) is 4.98 Å². The van der Waals surface area contributed by atoms with Gasteiger partial charge in [-0.15, -0.1) is 0 Å². The molecule has 0 bridgehead atoms. The van der Waals surface area contributed by atoms with Crippen LogP contribution >= 0.6 is 0 Å². The van der Waals surface area contributed by atoms with Gasteiger partial charge in [0.1, 0.15) is 5.82 Å². The molecule has 3 heteroatoms. The number of aliphatic hydroxyl groups is 1. The maximum Gasteiger partial charge on any atom is 0.108 e. The maximum atomic E-state index is 9.93. The lowest BCUT2D eigenvalue weighted by atomic mass is 9.89. The summed E-state index contributed by atoms with van der Waals surface area (Å²) >= 11 is 0. The molecule has 1 heterocycles. The maximum absolute atomic E-state index is 9.93. The molecule has 1 unspecified atom stereocenters. The molecule has 1 aromatic heterocycles. The van der Waals surface area contributed by atoms with Crippen molar-refractivity contribution in [3.8, 4) is 0 Å². The largest absolute Gasteiger partial charge is 0.391 e. The first-order chi connectivity index (χ1) is 6.45. The number of aliphatic hydroxyl groups excluding tert-OH is 1. The normalized spacial score (nSPS) is 14.4. The third kappa shape index (κ3) is 2.58. The highest BCUT2D eigenvalue weighted by Gasteiger charge is 2.22. The van der Waals surface area contributed by atoms with Crippen LogP contribution in [0.4, 0.5) is 0 Å². The summed E-state index contributed by atoms with van der Waals surface area (Å²) in [5.41, 5.74) is -0.0741. The van der Waals surface area contributed by atoms with Crippen LogP contribution in [0.2, 0.25) is 0 Å². The summed E-state index contributed by atoms with van der Waals surface area (Å²) in [6.45, 7) is 8.83. The Bertz CT molecular complexity index is 286. The van der Waals surface area contributed by atoms with Crippen molar-refractivity contribution in [2.24, 2.45) is 5.41 Å². The molecule has 0 aliphatic carbocycles. The van der Waals surface area contributed by atoms with Gasteiger partial charge in [0.2, 0.25) is 0 Å². The van der Waals surface area contributed by atoms with Gasteiger partial charge < -0.3 is 9.67 Å². The van der Waals surface area contributed by atoms with Crippen molar-refractivity contribution in [2.45, 2.75) is 46.8 Å². The van der Waals surface area contributed by atoms with Crippen LogP contribution in [0.15, 0.2) is 12.4 Å². The van der Waals surface area contributed by atoms with Crippen LogP contribution < -0.4 is 0 Å². The minimum absolute atomic E-state index is 0.0741. The zero-order valence-electron chi connectivity index (χ0n) is 9.49. The second-order valence-corrected chi connectivity index (χ2v) is 4.73. The highest BCUT2D eigenvalue weighted by atomic mass is 16.3. The second-order valence-electron chi connectivity index (χ2n) is 4.73. The van der Waals surface area contributed by atoms with Crippen LogP contribution in [-0.2, 0) is 13.0 Å². The van der Waals surface area contributed by atoms with Gasteiger partial charge in [-0.2, -0.15) is 0 Å². The van der Waals surface area contributed by atoms with Crippen molar-refractivity contribution in [1.29, 1.82) is 0 Å². The number of aryl methyl sites for hydroxylation is 1. The summed E-state index contributed by atoms with van der Waals surface area (Å²) in [6, 6.07) is 0. The number of hydrogen-bond donors (Lipinski definition) is 1. The van der Waals surface area contributed by atoms with E-state index < -0.39 is 0 Å². The molecule has 0 aliphatic heterocycles. The minimum atomic E-state index is -0.331. The SMILES string of the molecule is CCc1nccn1CC(O)C(C)(C)C. The lowest BCUT2D eigenvalue weighted by molar-refractivity contribution is 0.0474. The molecule has 0 saturated carbocycles. The molecule has 80 valence electrons. The summed E-state index contributed by atoms with van der Waals surface area (Å²) in [6.07, 6.45) is 4.29. The lowest BCUT2D eigenvalue weighted by Gasteiger charge is -2.26. The van der Waals surface area contributed by atoms with E-state index in [9.17, 15) is 5.11 Å². The minimum Gasteiger partial charge on any atom is -0.391 e. The quantitative estimate of drug-likeness (QED) is 0.801.